The van der Waals surface area contributed by atoms with Gasteiger partial charge in [0.25, 0.3) is 0 Å². The molecule has 0 radical (unpaired) electrons. The Kier molecular flexibility index (Phi) is 4.50. The highest BCUT2D eigenvalue weighted by molar-refractivity contribution is 9.10. The summed E-state index contributed by atoms with van der Waals surface area (Å²) in [5.41, 5.74) is 2.09. The van der Waals surface area contributed by atoms with E-state index >= 15 is 0 Å². The normalized spacial score (nSPS) is 10.2. The minimum atomic E-state index is 0.685. The molecule has 0 spiro atoms. The van der Waals surface area contributed by atoms with Crippen molar-refractivity contribution in [1.82, 2.24) is 0 Å². The molecule has 1 N–H and O–H groups in total. The quantitative estimate of drug-likeness (QED) is 0.877. The number of ether oxygens (including phenoxy) is 1. The van der Waals surface area contributed by atoms with Crippen LogP contribution in [0.1, 0.15) is 5.56 Å². The zero-order valence-corrected chi connectivity index (χ0v) is 12.3. The lowest BCUT2D eigenvalue weighted by atomic mass is 10.2. The van der Waals surface area contributed by atoms with Crippen molar-refractivity contribution in [3.63, 3.8) is 0 Å². The predicted octanol–water partition coefficient (Wildman–Crippen LogP) is 4.72. The Balaban J connectivity index is 2.04. The van der Waals surface area contributed by atoms with Crippen LogP contribution in [0.5, 0.6) is 5.75 Å². The molecule has 0 heterocycles. The first-order valence-electron chi connectivity index (χ1n) is 5.51. The van der Waals surface area contributed by atoms with Crippen LogP contribution in [0.25, 0.3) is 0 Å². The van der Waals surface area contributed by atoms with Crippen molar-refractivity contribution in [1.29, 1.82) is 0 Å². The van der Waals surface area contributed by atoms with Gasteiger partial charge in [-0.15, -0.1) is 0 Å². The Labute approximate surface area is 120 Å². The average Bonchev–Trinajstić information content (AvgIpc) is 2.40. The van der Waals surface area contributed by atoms with Crippen LogP contribution in [0.15, 0.2) is 46.9 Å². The van der Waals surface area contributed by atoms with Gasteiger partial charge in [-0.1, -0.05) is 27.5 Å². The fourth-order valence-electron chi connectivity index (χ4n) is 1.58. The van der Waals surface area contributed by atoms with E-state index in [1.54, 1.807) is 7.11 Å². The van der Waals surface area contributed by atoms with Crippen molar-refractivity contribution in [2.75, 3.05) is 12.4 Å². The predicted molar refractivity (Wildman–Crippen MR) is 79.5 cm³/mol. The smallest absolute Gasteiger partial charge is 0.119 e. The number of hydrogen-bond donors (Lipinski definition) is 1. The summed E-state index contributed by atoms with van der Waals surface area (Å²) in [5.74, 6) is 0.848. The van der Waals surface area contributed by atoms with Crippen molar-refractivity contribution in [3.8, 4) is 5.75 Å². The van der Waals surface area contributed by atoms with Gasteiger partial charge in [-0.2, -0.15) is 0 Å². The van der Waals surface area contributed by atoms with E-state index in [1.165, 1.54) is 0 Å². The molecule has 0 saturated carbocycles. The Morgan fingerprint density at radius 1 is 1.17 bits per heavy atom. The lowest BCUT2D eigenvalue weighted by Gasteiger charge is -2.09. The largest absolute Gasteiger partial charge is 0.497 e. The summed E-state index contributed by atoms with van der Waals surface area (Å²) in [7, 11) is 1.66. The van der Waals surface area contributed by atoms with Gasteiger partial charge in [-0.05, 0) is 48.0 Å². The first-order chi connectivity index (χ1) is 8.69. The molecule has 2 aromatic carbocycles. The van der Waals surface area contributed by atoms with Crippen LogP contribution in [0.2, 0.25) is 5.02 Å². The van der Waals surface area contributed by atoms with E-state index < -0.39 is 0 Å². The molecule has 0 aliphatic carbocycles. The van der Waals surface area contributed by atoms with Gasteiger partial charge >= 0.3 is 0 Å². The van der Waals surface area contributed by atoms with Crippen molar-refractivity contribution in [3.05, 3.63) is 57.5 Å². The molecule has 4 heteroatoms. The van der Waals surface area contributed by atoms with Crippen molar-refractivity contribution in [2.45, 2.75) is 6.54 Å². The summed E-state index contributed by atoms with van der Waals surface area (Å²) >= 11 is 9.57. The molecule has 0 aliphatic heterocycles. The molecule has 0 bridgehead atoms. The zero-order chi connectivity index (χ0) is 13.0. The van der Waals surface area contributed by atoms with E-state index in [9.17, 15) is 0 Å². The molecule has 0 saturated heterocycles. The number of rotatable bonds is 4. The highest BCUT2D eigenvalue weighted by Gasteiger charge is 2.01. The Morgan fingerprint density at radius 2 is 1.89 bits per heavy atom. The average molecular weight is 327 g/mol. The van der Waals surface area contributed by atoms with E-state index in [4.69, 9.17) is 16.3 Å². The standard InChI is InChI=1S/C14H13BrClNO/c1-18-13-5-3-12(4-6-13)17-9-10-8-11(15)2-7-14(10)16/h2-8,17H,9H2,1H3. The third kappa shape index (κ3) is 3.40. The van der Waals surface area contributed by atoms with Crippen LogP contribution in [0.3, 0.4) is 0 Å². The highest BCUT2D eigenvalue weighted by Crippen LogP contribution is 2.22. The van der Waals surface area contributed by atoms with E-state index in [0.29, 0.717) is 6.54 Å². The maximum atomic E-state index is 6.13. The topological polar surface area (TPSA) is 21.3 Å². The Bertz CT molecular complexity index is 528. The van der Waals surface area contributed by atoms with Crippen molar-refractivity contribution >= 4 is 33.2 Å². The second-order valence-corrected chi connectivity index (χ2v) is 5.14. The minimum Gasteiger partial charge on any atom is -0.497 e. The van der Waals surface area contributed by atoms with Crippen LogP contribution in [-0.2, 0) is 6.54 Å². The van der Waals surface area contributed by atoms with Gasteiger partial charge < -0.3 is 10.1 Å². The molecule has 2 aromatic rings. The van der Waals surface area contributed by atoms with Gasteiger partial charge in [0.1, 0.15) is 5.75 Å². The van der Waals surface area contributed by atoms with Gasteiger partial charge in [-0.25, -0.2) is 0 Å². The number of halogens is 2. The lowest BCUT2D eigenvalue weighted by Crippen LogP contribution is -2.00. The zero-order valence-electron chi connectivity index (χ0n) is 9.91. The van der Waals surface area contributed by atoms with Gasteiger partial charge in [-0.3, -0.25) is 0 Å². The Hall–Kier alpha value is -1.19. The van der Waals surface area contributed by atoms with Gasteiger partial charge in [0.05, 0.1) is 7.11 Å². The van der Waals surface area contributed by atoms with Crippen LogP contribution < -0.4 is 10.1 Å². The van der Waals surface area contributed by atoms with E-state index in [-0.39, 0.29) is 0 Å². The van der Waals surface area contributed by atoms with Gasteiger partial charge in [0, 0.05) is 21.7 Å². The van der Waals surface area contributed by atoms with E-state index in [2.05, 4.69) is 21.2 Å². The van der Waals surface area contributed by atoms with Crippen molar-refractivity contribution in [2.24, 2.45) is 0 Å². The minimum absolute atomic E-state index is 0.685. The second kappa shape index (κ2) is 6.12. The maximum Gasteiger partial charge on any atom is 0.119 e. The molecule has 0 fully saturated rings. The first kappa shape index (κ1) is 13.2. The third-order valence-corrected chi connectivity index (χ3v) is 3.44. The molecule has 0 amide bonds. The number of nitrogens with one attached hydrogen (secondary N) is 1. The molecule has 94 valence electrons. The molecule has 0 unspecified atom stereocenters. The molecule has 2 rings (SSSR count). The van der Waals surface area contributed by atoms with Crippen LogP contribution >= 0.6 is 27.5 Å². The molecular formula is C14H13BrClNO. The monoisotopic (exact) mass is 325 g/mol. The number of benzene rings is 2. The Morgan fingerprint density at radius 3 is 2.56 bits per heavy atom. The number of anilines is 1. The third-order valence-electron chi connectivity index (χ3n) is 2.58. The molecule has 2 nitrogen and oxygen atoms in total. The summed E-state index contributed by atoms with van der Waals surface area (Å²) in [6, 6.07) is 13.6. The SMILES string of the molecule is COc1ccc(NCc2cc(Br)ccc2Cl)cc1. The molecule has 0 aromatic heterocycles. The lowest BCUT2D eigenvalue weighted by molar-refractivity contribution is 0.415. The summed E-state index contributed by atoms with van der Waals surface area (Å²) < 4.78 is 6.14. The molecule has 18 heavy (non-hydrogen) atoms. The van der Waals surface area contributed by atoms with Crippen LogP contribution in [0.4, 0.5) is 5.69 Å². The number of methoxy groups -OCH3 is 1. The molecule has 0 atom stereocenters. The van der Waals surface area contributed by atoms with Crippen molar-refractivity contribution < 1.29 is 4.74 Å². The summed E-state index contributed by atoms with van der Waals surface area (Å²) in [6.45, 7) is 0.685. The maximum absolute atomic E-state index is 6.13. The fraction of sp³-hybridized carbons (Fsp3) is 0.143. The summed E-state index contributed by atoms with van der Waals surface area (Å²) in [4.78, 5) is 0. The van der Waals surface area contributed by atoms with Gasteiger partial charge in [0.2, 0.25) is 0 Å². The number of hydrogen-bond acceptors (Lipinski definition) is 2. The first-order valence-corrected chi connectivity index (χ1v) is 6.68. The highest BCUT2D eigenvalue weighted by atomic mass is 79.9. The molecular weight excluding hydrogens is 314 g/mol. The fourth-order valence-corrected chi connectivity index (χ4v) is 2.18. The summed E-state index contributed by atoms with van der Waals surface area (Å²) in [5, 5.41) is 4.08. The second-order valence-electron chi connectivity index (χ2n) is 3.82. The van der Waals surface area contributed by atoms with E-state index in [0.717, 1.165) is 26.5 Å². The van der Waals surface area contributed by atoms with E-state index in [1.807, 2.05) is 42.5 Å². The molecule has 0 aliphatic rings. The van der Waals surface area contributed by atoms with Crippen LogP contribution in [0, 0.1) is 0 Å². The van der Waals surface area contributed by atoms with Gasteiger partial charge in [0.15, 0.2) is 0 Å². The summed E-state index contributed by atoms with van der Waals surface area (Å²) in [6.07, 6.45) is 0. The van der Waals surface area contributed by atoms with Crippen LogP contribution in [-0.4, -0.2) is 7.11 Å².